The molecule has 1 aliphatic carbocycles. The SMILES string of the molecule is COc1cc(C2(C(=O)O)CCC2)c(OC)cc1C(C)(C)C. The fourth-order valence-corrected chi connectivity index (χ4v) is 2.99. The Bertz CT molecular complexity index is 551. The fraction of sp³-hybridized carbons (Fsp3) is 0.588. The lowest BCUT2D eigenvalue weighted by Gasteiger charge is -2.39. The van der Waals surface area contributed by atoms with Gasteiger partial charge in [-0.1, -0.05) is 27.2 Å². The van der Waals surface area contributed by atoms with E-state index in [-0.39, 0.29) is 5.41 Å². The molecule has 21 heavy (non-hydrogen) atoms. The Morgan fingerprint density at radius 2 is 1.71 bits per heavy atom. The third kappa shape index (κ3) is 2.47. The highest BCUT2D eigenvalue weighted by Crippen LogP contribution is 2.50. The monoisotopic (exact) mass is 292 g/mol. The van der Waals surface area contributed by atoms with Crippen LogP contribution in [0.2, 0.25) is 0 Å². The molecule has 0 heterocycles. The van der Waals surface area contributed by atoms with Crippen molar-refractivity contribution in [3.63, 3.8) is 0 Å². The zero-order valence-corrected chi connectivity index (χ0v) is 13.4. The molecular weight excluding hydrogens is 268 g/mol. The third-order valence-corrected chi connectivity index (χ3v) is 4.46. The van der Waals surface area contributed by atoms with Crippen LogP contribution in [0.3, 0.4) is 0 Å². The molecule has 0 spiro atoms. The lowest BCUT2D eigenvalue weighted by molar-refractivity contribution is -0.147. The maximum Gasteiger partial charge on any atom is 0.314 e. The molecule has 0 atom stereocenters. The van der Waals surface area contributed by atoms with Gasteiger partial charge in [-0.25, -0.2) is 0 Å². The van der Waals surface area contributed by atoms with Crippen LogP contribution in [0.5, 0.6) is 11.5 Å². The topological polar surface area (TPSA) is 55.8 Å². The van der Waals surface area contributed by atoms with Gasteiger partial charge in [-0.05, 0) is 30.4 Å². The van der Waals surface area contributed by atoms with Crippen molar-refractivity contribution in [1.29, 1.82) is 0 Å². The molecular formula is C17H24O4. The zero-order valence-electron chi connectivity index (χ0n) is 13.4. The summed E-state index contributed by atoms with van der Waals surface area (Å²) < 4.78 is 11.0. The molecule has 0 saturated heterocycles. The molecule has 1 aromatic rings. The van der Waals surface area contributed by atoms with Crippen molar-refractivity contribution in [2.45, 2.75) is 50.9 Å². The minimum atomic E-state index is -0.824. The van der Waals surface area contributed by atoms with Crippen LogP contribution in [0.15, 0.2) is 12.1 Å². The van der Waals surface area contributed by atoms with Gasteiger partial charge in [0.1, 0.15) is 11.5 Å². The van der Waals surface area contributed by atoms with Crippen LogP contribution in [0, 0.1) is 0 Å². The van der Waals surface area contributed by atoms with Crippen molar-refractivity contribution in [2.24, 2.45) is 0 Å². The standard InChI is InChI=1S/C17H24O4/c1-16(2,3)11-9-14(21-5)12(10-13(11)20-4)17(15(18)19)7-6-8-17/h9-10H,6-8H2,1-5H3,(H,18,19). The van der Waals surface area contributed by atoms with Gasteiger partial charge >= 0.3 is 5.97 Å². The zero-order chi connectivity index (χ0) is 15.8. The number of benzene rings is 1. The number of hydrogen-bond acceptors (Lipinski definition) is 3. The predicted molar refractivity (Wildman–Crippen MR) is 81.4 cm³/mol. The molecule has 2 rings (SSSR count). The van der Waals surface area contributed by atoms with Gasteiger partial charge in [0.05, 0.1) is 19.6 Å². The van der Waals surface area contributed by atoms with Crippen molar-refractivity contribution in [1.82, 2.24) is 0 Å². The van der Waals surface area contributed by atoms with E-state index in [1.165, 1.54) is 0 Å². The van der Waals surface area contributed by atoms with Crippen LogP contribution >= 0.6 is 0 Å². The number of rotatable bonds is 4. The first-order chi connectivity index (χ1) is 9.76. The van der Waals surface area contributed by atoms with Crippen LogP contribution in [0.1, 0.15) is 51.2 Å². The molecule has 4 heteroatoms. The Balaban J connectivity index is 2.65. The molecule has 0 aromatic heterocycles. The molecule has 1 saturated carbocycles. The molecule has 0 unspecified atom stereocenters. The molecule has 0 bridgehead atoms. The quantitative estimate of drug-likeness (QED) is 0.922. The van der Waals surface area contributed by atoms with Gasteiger partial charge in [-0.15, -0.1) is 0 Å². The predicted octanol–water partition coefficient (Wildman–Crippen LogP) is 3.51. The summed E-state index contributed by atoms with van der Waals surface area (Å²) in [5.41, 5.74) is 0.821. The smallest absolute Gasteiger partial charge is 0.314 e. The van der Waals surface area contributed by atoms with E-state index in [1.54, 1.807) is 14.2 Å². The van der Waals surface area contributed by atoms with Gasteiger partial charge in [0.15, 0.2) is 0 Å². The Labute approximate surface area is 126 Å². The highest BCUT2D eigenvalue weighted by atomic mass is 16.5. The maximum absolute atomic E-state index is 11.8. The van der Waals surface area contributed by atoms with E-state index in [0.29, 0.717) is 18.6 Å². The number of aliphatic carboxylic acids is 1. The second kappa shape index (κ2) is 5.24. The van der Waals surface area contributed by atoms with Crippen LogP contribution in [-0.2, 0) is 15.6 Å². The normalized spacial score (nSPS) is 17.0. The molecule has 1 aromatic carbocycles. The summed E-state index contributed by atoms with van der Waals surface area (Å²) in [6, 6.07) is 3.78. The molecule has 1 aliphatic rings. The van der Waals surface area contributed by atoms with Gasteiger partial charge in [0, 0.05) is 11.1 Å². The minimum absolute atomic E-state index is 0.104. The minimum Gasteiger partial charge on any atom is -0.496 e. The highest BCUT2D eigenvalue weighted by Gasteiger charge is 2.48. The number of ether oxygens (including phenoxy) is 2. The first-order valence-electron chi connectivity index (χ1n) is 7.26. The summed E-state index contributed by atoms with van der Waals surface area (Å²) in [5.74, 6) is 0.589. The van der Waals surface area contributed by atoms with E-state index in [9.17, 15) is 9.90 Å². The molecule has 0 radical (unpaired) electrons. The molecule has 4 nitrogen and oxygen atoms in total. The van der Waals surface area contributed by atoms with E-state index >= 15 is 0 Å². The van der Waals surface area contributed by atoms with Crippen molar-refractivity contribution in [2.75, 3.05) is 14.2 Å². The van der Waals surface area contributed by atoms with Crippen molar-refractivity contribution < 1.29 is 19.4 Å². The fourth-order valence-electron chi connectivity index (χ4n) is 2.99. The van der Waals surface area contributed by atoms with Gasteiger partial charge < -0.3 is 14.6 Å². The van der Waals surface area contributed by atoms with E-state index in [0.717, 1.165) is 23.3 Å². The van der Waals surface area contributed by atoms with E-state index in [1.807, 2.05) is 12.1 Å². The van der Waals surface area contributed by atoms with Crippen molar-refractivity contribution >= 4 is 5.97 Å². The first kappa shape index (κ1) is 15.7. The second-order valence-corrected chi connectivity index (χ2v) is 6.74. The van der Waals surface area contributed by atoms with Crippen LogP contribution < -0.4 is 9.47 Å². The Kier molecular flexibility index (Phi) is 3.91. The molecule has 0 amide bonds. The van der Waals surface area contributed by atoms with Crippen LogP contribution in [0.4, 0.5) is 0 Å². The Morgan fingerprint density at radius 1 is 1.14 bits per heavy atom. The number of methoxy groups -OCH3 is 2. The van der Waals surface area contributed by atoms with E-state index < -0.39 is 11.4 Å². The summed E-state index contributed by atoms with van der Waals surface area (Å²) in [6.07, 6.45) is 2.23. The van der Waals surface area contributed by atoms with E-state index in [2.05, 4.69) is 20.8 Å². The second-order valence-electron chi connectivity index (χ2n) is 6.74. The average molecular weight is 292 g/mol. The van der Waals surface area contributed by atoms with Gasteiger partial charge in [-0.2, -0.15) is 0 Å². The molecule has 0 aliphatic heterocycles. The summed E-state index contributed by atoms with van der Waals surface area (Å²) in [7, 11) is 3.21. The summed E-state index contributed by atoms with van der Waals surface area (Å²) in [4.78, 5) is 11.8. The Hall–Kier alpha value is -1.71. The number of carbonyl (C=O) groups is 1. The van der Waals surface area contributed by atoms with Gasteiger partial charge in [0.25, 0.3) is 0 Å². The lowest BCUT2D eigenvalue weighted by Crippen LogP contribution is -2.42. The number of hydrogen-bond donors (Lipinski definition) is 1. The lowest BCUT2D eigenvalue weighted by atomic mass is 9.63. The average Bonchev–Trinajstić information content (AvgIpc) is 2.35. The van der Waals surface area contributed by atoms with Gasteiger partial charge in [-0.3, -0.25) is 4.79 Å². The molecule has 1 N–H and O–H groups in total. The number of carboxylic acid groups (broad SMARTS) is 1. The summed E-state index contributed by atoms with van der Waals surface area (Å²) >= 11 is 0. The first-order valence-corrected chi connectivity index (χ1v) is 7.26. The van der Waals surface area contributed by atoms with Crippen molar-refractivity contribution in [3.05, 3.63) is 23.3 Å². The largest absolute Gasteiger partial charge is 0.496 e. The van der Waals surface area contributed by atoms with Crippen LogP contribution in [0.25, 0.3) is 0 Å². The van der Waals surface area contributed by atoms with Gasteiger partial charge in [0.2, 0.25) is 0 Å². The van der Waals surface area contributed by atoms with E-state index in [4.69, 9.17) is 9.47 Å². The highest BCUT2D eigenvalue weighted by molar-refractivity contribution is 5.84. The maximum atomic E-state index is 11.8. The number of carboxylic acids is 1. The third-order valence-electron chi connectivity index (χ3n) is 4.46. The van der Waals surface area contributed by atoms with Crippen molar-refractivity contribution in [3.8, 4) is 11.5 Å². The summed E-state index contributed by atoms with van der Waals surface area (Å²) in [5, 5.41) is 9.65. The molecule has 116 valence electrons. The Morgan fingerprint density at radius 3 is 2.05 bits per heavy atom. The van der Waals surface area contributed by atoms with Crippen LogP contribution in [-0.4, -0.2) is 25.3 Å². The molecule has 1 fully saturated rings. The summed E-state index contributed by atoms with van der Waals surface area (Å²) in [6.45, 7) is 6.29.